The van der Waals surface area contributed by atoms with Gasteiger partial charge >= 0.3 is 0 Å². The van der Waals surface area contributed by atoms with Crippen LogP contribution < -0.4 is 5.32 Å². The van der Waals surface area contributed by atoms with Gasteiger partial charge in [-0.2, -0.15) is 0 Å². The molecule has 1 heterocycles. The molecule has 0 bridgehead atoms. The first-order valence-electron chi connectivity index (χ1n) is 6.14. The zero-order valence-corrected chi connectivity index (χ0v) is 10.5. The van der Waals surface area contributed by atoms with Gasteiger partial charge in [0.25, 0.3) is 0 Å². The van der Waals surface area contributed by atoms with Crippen LogP contribution in [0.5, 0.6) is 0 Å². The summed E-state index contributed by atoms with van der Waals surface area (Å²) in [6.45, 7) is 0.482. The van der Waals surface area contributed by atoms with E-state index in [-0.39, 0.29) is 11.7 Å². The molecule has 0 saturated carbocycles. The summed E-state index contributed by atoms with van der Waals surface area (Å²) < 4.78 is 12.7. The highest BCUT2D eigenvalue weighted by Crippen LogP contribution is 2.05. The molecule has 4 heteroatoms. The highest BCUT2D eigenvalue weighted by Gasteiger charge is 2.02. The van der Waals surface area contributed by atoms with Gasteiger partial charge in [-0.25, -0.2) is 4.39 Å². The molecule has 0 spiro atoms. The van der Waals surface area contributed by atoms with Crippen LogP contribution in [0.15, 0.2) is 48.8 Å². The van der Waals surface area contributed by atoms with Crippen LogP contribution in [0.25, 0.3) is 0 Å². The van der Waals surface area contributed by atoms with Gasteiger partial charge < -0.3 is 5.32 Å². The van der Waals surface area contributed by atoms with E-state index in [1.165, 1.54) is 12.1 Å². The average molecular weight is 258 g/mol. The molecule has 2 rings (SSSR count). The van der Waals surface area contributed by atoms with Gasteiger partial charge in [0.05, 0.1) is 0 Å². The molecule has 1 aromatic heterocycles. The lowest BCUT2D eigenvalue weighted by atomic mass is 10.1. The highest BCUT2D eigenvalue weighted by atomic mass is 19.1. The second-order valence-corrected chi connectivity index (χ2v) is 4.26. The third-order valence-corrected chi connectivity index (χ3v) is 2.77. The van der Waals surface area contributed by atoms with Crippen LogP contribution in [0.3, 0.4) is 0 Å². The Labute approximate surface area is 111 Å². The summed E-state index contributed by atoms with van der Waals surface area (Å²) >= 11 is 0. The van der Waals surface area contributed by atoms with Crippen LogP contribution in [-0.4, -0.2) is 10.9 Å². The standard InChI is InChI=1S/C15H15FN2O/c16-14-6-3-12(4-7-14)5-8-15(19)18-11-13-2-1-9-17-10-13/h1-4,6-7,9-10H,5,8,11H2,(H,18,19). The first kappa shape index (κ1) is 13.2. The molecule has 1 aromatic carbocycles. The summed E-state index contributed by atoms with van der Waals surface area (Å²) in [5.41, 5.74) is 1.93. The minimum Gasteiger partial charge on any atom is -0.352 e. The molecular formula is C15H15FN2O. The van der Waals surface area contributed by atoms with Crippen molar-refractivity contribution in [2.75, 3.05) is 0 Å². The molecule has 0 fully saturated rings. The third kappa shape index (κ3) is 4.50. The molecule has 0 unspecified atom stereocenters. The van der Waals surface area contributed by atoms with E-state index in [9.17, 15) is 9.18 Å². The second kappa shape index (κ2) is 6.64. The van der Waals surface area contributed by atoms with Gasteiger partial charge in [-0.1, -0.05) is 18.2 Å². The molecular weight excluding hydrogens is 243 g/mol. The molecule has 1 N–H and O–H groups in total. The number of carbonyl (C=O) groups is 1. The van der Waals surface area contributed by atoms with Gasteiger partial charge in [0.1, 0.15) is 5.82 Å². The molecule has 0 aliphatic carbocycles. The SMILES string of the molecule is O=C(CCc1ccc(F)cc1)NCc1cccnc1. The zero-order valence-electron chi connectivity index (χ0n) is 10.5. The Morgan fingerprint density at radius 2 is 1.95 bits per heavy atom. The van der Waals surface area contributed by atoms with Crippen molar-refractivity contribution < 1.29 is 9.18 Å². The molecule has 0 radical (unpaired) electrons. The number of halogens is 1. The highest BCUT2D eigenvalue weighted by molar-refractivity contribution is 5.76. The average Bonchev–Trinajstić information content (AvgIpc) is 2.45. The van der Waals surface area contributed by atoms with Gasteiger partial charge in [-0.05, 0) is 35.7 Å². The summed E-state index contributed by atoms with van der Waals surface area (Å²) in [7, 11) is 0. The van der Waals surface area contributed by atoms with E-state index >= 15 is 0 Å². The Kier molecular flexibility index (Phi) is 4.61. The normalized spacial score (nSPS) is 10.2. The lowest BCUT2D eigenvalue weighted by molar-refractivity contribution is -0.121. The van der Waals surface area contributed by atoms with Crippen molar-refractivity contribution in [1.82, 2.24) is 10.3 Å². The number of nitrogens with zero attached hydrogens (tertiary/aromatic N) is 1. The quantitative estimate of drug-likeness (QED) is 0.895. The fourth-order valence-electron chi connectivity index (χ4n) is 1.70. The Bertz CT molecular complexity index is 526. The fourth-order valence-corrected chi connectivity index (χ4v) is 1.70. The monoisotopic (exact) mass is 258 g/mol. The number of benzene rings is 1. The molecule has 0 saturated heterocycles. The van der Waals surface area contributed by atoms with E-state index in [4.69, 9.17) is 0 Å². The number of aryl methyl sites for hydroxylation is 1. The molecule has 3 nitrogen and oxygen atoms in total. The van der Waals surface area contributed by atoms with E-state index in [1.807, 2.05) is 12.1 Å². The molecule has 2 aromatic rings. The molecule has 1 amide bonds. The van der Waals surface area contributed by atoms with Crippen molar-refractivity contribution >= 4 is 5.91 Å². The zero-order chi connectivity index (χ0) is 13.5. The minimum absolute atomic E-state index is 0.0202. The van der Waals surface area contributed by atoms with Gasteiger partial charge in [-0.3, -0.25) is 9.78 Å². The molecule has 98 valence electrons. The van der Waals surface area contributed by atoms with Crippen LogP contribution in [0.1, 0.15) is 17.5 Å². The topological polar surface area (TPSA) is 42.0 Å². The van der Waals surface area contributed by atoms with E-state index < -0.39 is 0 Å². The number of carbonyl (C=O) groups excluding carboxylic acids is 1. The summed E-state index contributed by atoms with van der Waals surface area (Å²) in [4.78, 5) is 15.6. The van der Waals surface area contributed by atoms with Crippen molar-refractivity contribution in [3.05, 3.63) is 65.7 Å². The molecule has 0 atom stereocenters. The van der Waals surface area contributed by atoms with Crippen molar-refractivity contribution in [1.29, 1.82) is 0 Å². The summed E-state index contributed by atoms with van der Waals surface area (Å²) in [6, 6.07) is 9.95. The Hall–Kier alpha value is -2.23. The lowest BCUT2D eigenvalue weighted by Gasteiger charge is -2.05. The Balaban J connectivity index is 1.74. The van der Waals surface area contributed by atoms with Crippen LogP contribution in [0.4, 0.5) is 4.39 Å². The smallest absolute Gasteiger partial charge is 0.220 e. The second-order valence-electron chi connectivity index (χ2n) is 4.26. The number of nitrogens with one attached hydrogen (secondary N) is 1. The van der Waals surface area contributed by atoms with Crippen LogP contribution in [0, 0.1) is 5.82 Å². The van der Waals surface area contributed by atoms with Gasteiger partial charge in [0, 0.05) is 25.4 Å². The van der Waals surface area contributed by atoms with Crippen molar-refractivity contribution in [3.8, 4) is 0 Å². The van der Waals surface area contributed by atoms with E-state index in [1.54, 1.807) is 24.5 Å². The van der Waals surface area contributed by atoms with Crippen LogP contribution in [0.2, 0.25) is 0 Å². The van der Waals surface area contributed by atoms with Crippen molar-refractivity contribution in [2.24, 2.45) is 0 Å². The maximum atomic E-state index is 12.7. The largest absolute Gasteiger partial charge is 0.352 e. The third-order valence-electron chi connectivity index (χ3n) is 2.77. The predicted molar refractivity (Wildman–Crippen MR) is 70.8 cm³/mol. The van der Waals surface area contributed by atoms with Crippen LogP contribution >= 0.6 is 0 Å². The molecule has 0 aliphatic heterocycles. The number of rotatable bonds is 5. The van der Waals surface area contributed by atoms with Crippen LogP contribution in [-0.2, 0) is 17.8 Å². The van der Waals surface area contributed by atoms with Gasteiger partial charge in [0.2, 0.25) is 5.91 Å². The predicted octanol–water partition coefficient (Wildman–Crippen LogP) is 2.47. The first-order chi connectivity index (χ1) is 9.24. The maximum Gasteiger partial charge on any atom is 0.220 e. The van der Waals surface area contributed by atoms with E-state index in [0.717, 1.165) is 11.1 Å². The summed E-state index contributed by atoms with van der Waals surface area (Å²) in [5, 5.41) is 2.83. The first-order valence-corrected chi connectivity index (χ1v) is 6.14. The Morgan fingerprint density at radius 1 is 1.16 bits per heavy atom. The van der Waals surface area contributed by atoms with Crippen molar-refractivity contribution in [3.63, 3.8) is 0 Å². The molecule has 0 aliphatic rings. The summed E-state index contributed by atoms with van der Waals surface area (Å²) in [6.07, 6.45) is 4.42. The number of hydrogen-bond acceptors (Lipinski definition) is 2. The number of aromatic nitrogens is 1. The summed E-state index contributed by atoms with van der Waals surface area (Å²) in [5.74, 6) is -0.280. The van der Waals surface area contributed by atoms with Crippen molar-refractivity contribution in [2.45, 2.75) is 19.4 Å². The van der Waals surface area contributed by atoms with Gasteiger partial charge in [-0.15, -0.1) is 0 Å². The van der Waals surface area contributed by atoms with E-state index in [2.05, 4.69) is 10.3 Å². The minimum atomic E-state index is -0.259. The lowest BCUT2D eigenvalue weighted by Crippen LogP contribution is -2.23. The number of pyridine rings is 1. The van der Waals surface area contributed by atoms with Gasteiger partial charge in [0.15, 0.2) is 0 Å². The Morgan fingerprint density at radius 3 is 2.63 bits per heavy atom. The number of hydrogen-bond donors (Lipinski definition) is 1. The maximum absolute atomic E-state index is 12.7. The van der Waals surface area contributed by atoms with E-state index in [0.29, 0.717) is 19.4 Å². The fraction of sp³-hybridized carbons (Fsp3) is 0.200. The molecule has 19 heavy (non-hydrogen) atoms. The number of amides is 1.